The summed E-state index contributed by atoms with van der Waals surface area (Å²) in [6.07, 6.45) is 1.85. The summed E-state index contributed by atoms with van der Waals surface area (Å²) in [4.78, 5) is 0.923. The first-order chi connectivity index (χ1) is 9.68. The van der Waals surface area contributed by atoms with Crippen molar-refractivity contribution >= 4 is 10.8 Å². The van der Waals surface area contributed by atoms with Gasteiger partial charge in [-0.2, -0.15) is 0 Å². The van der Waals surface area contributed by atoms with Crippen molar-refractivity contribution in [3.05, 3.63) is 65.2 Å². The van der Waals surface area contributed by atoms with Crippen LogP contribution in [0.25, 0.3) is 0 Å². The molecule has 2 aromatic rings. The normalized spacial score (nSPS) is 23.1. The summed E-state index contributed by atoms with van der Waals surface area (Å²) in [5, 5.41) is 0.00556. The largest absolute Gasteiger partial charge is 0.323 e. The second-order valence-electron chi connectivity index (χ2n) is 5.36. The minimum Gasteiger partial charge on any atom is -0.323 e. The van der Waals surface area contributed by atoms with Crippen molar-refractivity contribution in [3.63, 3.8) is 0 Å². The van der Waals surface area contributed by atoms with Gasteiger partial charge in [0.1, 0.15) is 0 Å². The van der Waals surface area contributed by atoms with E-state index >= 15 is 0 Å². The molecule has 0 bridgehead atoms. The van der Waals surface area contributed by atoms with E-state index in [0.717, 1.165) is 28.9 Å². The van der Waals surface area contributed by atoms with Gasteiger partial charge in [0.05, 0.1) is 16.0 Å². The first kappa shape index (κ1) is 13.5. The topological polar surface area (TPSA) is 43.1 Å². The van der Waals surface area contributed by atoms with Crippen molar-refractivity contribution in [2.45, 2.75) is 36.0 Å². The summed E-state index contributed by atoms with van der Waals surface area (Å²) in [5.74, 6) is 0. The minimum absolute atomic E-state index is 0.00556. The number of benzene rings is 2. The molecule has 2 aromatic carbocycles. The molecule has 0 amide bonds. The van der Waals surface area contributed by atoms with Gasteiger partial charge in [0.25, 0.3) is 0 Å². The summed E-state index contributed by atoms with van der Waals surface area (Å²) < 4.78 is 12.9. The Balaban J connectivity index is 1.93. The third kappa shape index (κ3) is 2.32. The summed E-state index contributed by atoms with van der Waals surface area (Å²) in [7, 11) is -1.04. The Morgan fingerprint density at radius 2 is 1.80 bits per heavy atom. The molecule has 0 heterocycles. The molecule has 2 N–H and O–H groups in total. The van der Waals surface area contributed by atoms with Gasteiger partial charge >= 0.3 is 0 Å². The van der Waals surface area contributed by atoms with Crippen LogP contribution in [0.5, 0.6) is 0 Å². The molecular weight excluding hydrogens is 266 g/mol. The summed E-state index contributed by atoms with van der Waals surface area (Å²) in [6, 6.07) is 16.0. The van der Waals surface area contributed by atoms with E-state index in [1.165, 1.54) is 5.56 Å². The monoisotopic (exact) mass is 285 g/mol. The van der Waals surface area contributed by atoms with Crippen molar-refractivity contribution in [3.8, 4) is 0 Å². The van der Waals surface area contributed by atoms with Crippen LogP contribution in [-0.2, 0) is 17.2 Å². The zero-order valence-electron chi connectivity index (χ0n) is 11.6. The molecule has 0 spiro atoms. The van der Waals surface area contributed by atoms with E-state index in [1.807, 2.05) is 43.3 Å². The van der Waals surface area contributed by atoms with Crippen molar-refractivity contribution in [1.29, 1.82) is 0 Å². The Labute approximate surface area is 122 Å². The molecular formula is C17H19NOS. The Morgan fingerprint density at radius 3 is 2.60 bits per heavy atom. The van der Waals surface area contributed by atoms with E-state index in [2.05, 4.69) is 12.1 Å². The van der Waals surface area contributed by atoms with Gasteiger partial charge in [-0.25, -0.2) is 0 Å². The van der Waals surface area contributed by atoms with Gasteiger partial charge in [-0.05, 0) is 42.5 Å². The fourth-order valence-corrected chi connectivity index (χ4v) is 4.62. The Morgan fingerprint density at radius 1 is 1.10 bits per heavy atom. The number of hydrogen-bond acceptors (Lipinski definition) is 2. The van der Waals surface area contributed by atoms with Crippen LogP contribution in [0.2, 0.25) is 0 Å². The number of aryl methyl sites for hydroxylation is 2. The first-order valence-corrected chi connectivity index (χ1v) is 8.19. The van der Waals surface area contributed by atoms with Gasteiger partial charge in [-0.3, -0.25) is 4.21 Å². The molecule has 0 saturated carbocycles. The molecule has 3 rings (SSSR count). The predicted octanol–water partition coefficient (Wildman–Crippen LogP) is 3.12. The molecule has 1 aliphatic rings. The second kappa shape index (κ2) is 5.51. The fraction of sp³-hybridized carbons (Fsp3) is 0.294. The molecule has 104 valence electrons. The van der Waals surface area contributed by atoms with Crippen LogP contribution in [-0.4, -0.2) is 9.46 Å². The lowest BCUT2D eigenvalue weighted by Crippen LogP contribution is -2.35. The van der Waals surface area contributed by atoms with E-state index in [1.54, 1.807) is 0 Å². The SMILES string of the molecule is Cc1ccccc1S(=O)C1CCc2ccccc2C1N. The maximum atomic E-state index is 12.9. The van der Waals surface area contributed by atoms with Crippen LogP contribution in [0.3, 0.4) is 0 Å². The van der Waals surface area contributed by atoms with E-state index < -0.39 is 10.8 Å². The number of fused-ring (bicyclic) bond motifs is 1. The summed E-state index contributed by atoms with van der Waals surface area (Å²) in [5.41, 5.74) is 9.93. The molecule has 0 radical (unpaired) electrons. The molecule has 2 nitrogen and oxygen atoms in total. The van der Waals surface area contributed by atoms with Gasteiger partial charge in [-0.1, -0.05) is 42.5 Å². The Hall–Kier alpha value is -1.45. The van der Waals surface area contributed by atoms with E-state index in [9.17, 15) is 4.21 Å². The van der Waals surface area contributed by atoms with E-state index in [4.69, 9.17) is 5.73 Å². The molecule has 3 unspecified atom stereocenters. The smallest absolute Gasteiger partial charge is 0.0590 e. The maximum Gasteiger partial charge on any atom is 0.0590 e. The van der Waals surface area contributed by atoms with Crippen LogP contribution in [0.4, 0.5) is 0 Å². The molecule has 0 aliphatic heterocycles. The number of hydrogen-bond donors (Lipinski definition) is 1. The summed E-state index contributed by atoms with van der Waals surface area (Å²) >= 11 is 0. The predicted molar refractivity (Wildman–Crippen MR) is 83.1 cm³/mol. The molecule has 20 heavy (non-hydrogen) atoms. The van der Waals surface area contributed by atoms with Crippen LogP contribution in [0.15, 0.2) is 53.4 Å². The minimum atomic E-state index is -1.04. The fourth-order valence-electron chi connectivity index (χ4n) is 2.95. The average Bonchev–Trinajstić information content (AvgIpc) is 2.48. The van der Waals surface area contributed by atoms with Crippen LogP contribution >= 0.6 is 0 Å². The molecule has 0 saturated heterocycles. The van der Waals surface area contributed by atoms with Gasteiger partial charge in [0.15, 0.2) is 0 Å². The Bertz CT molecular complexity index is 653. The third-order valence-corrected chi connectivity index (χ3v) is 6.07. The van der Waals surface area contributed by atoms with Gasteiger partial charge < -0.3 is 5.73 Å². The highest BCUT2D eigenvalue weighted by atomic mass is 32.2. The molecule has 0 aromatic heterocycles. The average molecular weight is 285 g/mol. The quantitative estimate of drug-likeness (QED) is 0.921. The van der Waals surface area contributed by atoms with Crippen molar-refractivity contribution in [2.75, 3.05) is 0 Å². The zero-order chi connectivity index (χ0) is 14.1. The van der Waals surface area contributed by atoms with Gasteiger partial charge in [0, 0.05) is 10.9 Å². The maximum absolute atomic E-state index is 12.9. The van der Waals surface area contributed by atoms with E-state index in [0.29, 0.717) is 0 Å². The number of rotatable bonds is 2. The summed E-state index contributed by atoms with van der Waals surface area (Å²) in [6.45, 7) is 2.01. The lowest BCUT2D eigenvalue weighted by atomic mass is 9.88. The second-order valence-corrected chi connectivity index (χ2v) is 7.00. The lowest BCUT2D eigenvalue weighted by Gasteiger charge is -2.30. The first-order valence-electron chi connectivity index (χ1n) is 6.98. The van der Waals surface area contributed by atoms with E-state index in [-0.39, 0.29) is 11.3 Å². The highest BCUT2D eigenvalue weighted by Crippen LogP contribution is 2.33. The van der Waals surface area contributed by atoms with Crippen molar-refractivity contribution in [1.82, 2.24) is 0 Å². The molecule has 0 fully saturated rings. The van der Waals surface area contributed by atoms with Crippen LogP contribution < -0.4 is 5.73 Å². The van der Waals surface area contributed by atoms with Gasteiger partial charge in [0.2, 0.25) is 0 Å². The third-order valence-electron chi connectivity index (χ3n) is 4.10. The highest BCUT2D eigenvalue weighted by Gasteiger charge is 2.31. The van der Waals surface area contributed by atoms with Crippen molar-refractivity contribution in [2.24, 2.45) is 5.73 Å². The van der Waals surface area contributed by atoms with Crippen LogP contribution in [0.1, 0.15) is 29.2 Å². The van der Waals surface area contributed by atoms with Crippen LogP contribution in [0, 0.1) is 6.92 Å². The zero-order valence-corrected chi connectivity index (χ0v) is 12.4. The number of nitrogens with two attached hydrogens (primary N) is 1. The molecule has 1 aliphatic carbocycles. The lowest BCUT2D eigenvalue weighted by molar-refractivity contribution is 0.563. The van der Waals surface area contributed by atoms with Gasteiger partial charge in [-0.15, -0.1) is 0 Å². The molecule has 3 atom stereocenters. The molecule has 3 heteroatoms. The van der Waals surface area contributed by atoms with Crippen molar-refractivity contribution < 1.29 is 4.21 Å². The standard InChI is InChI=1S/C17H19NOS/c1-12-6-2-5-9-15(12)20(19)16-11-10-13-7-3-4-8-14(13)17(16)18/h2-9,16-17H,10-11,18H2,1H3. The Kier molecular flexibility index (Phi) is 3.72. The highest BCUT2D eigenvalue weighted by molar-refractivity contribution is 7.85.